The molecule has 0 aliphatic rings. The molecule has 6 heteroatoms. The number of rotatable bonds is 6. The third-order valence-electron chi connectivity index (χ3n) is 1.44. The first-order valence-corrected chi connectivity index (χ1v) is 5.71. The van der Waals surface area contributed by atoms with Crippen LogP contribution in [0.5, 0.6) is 0 Å². The molecule has 0 bridgehead atoms. The van der Waals surface area contributed by atoms with Crippen LogP contribution in [-0.2, 0) is 10.2 Å². The average molecular weight is 209 g/mol. The minimum atomic E-state index is -3.25. The van der Waals surface area contributed by atoms with Crippen LogP contribution in [0.2, 0.25) is 0 Å². The van der Waals surface area contributed by atoms with Gasteiger partial charge in [0, 0.05) is 33.2 Å². The molecular formula is C7H19N3O2S. The van der Waals surface area contributed by atoms with E-state index < -0.39 is 10.2 Å². The van der Waals surface area contributed by atoms with E-state index in [0.717, 1.165) is 4.31 Å². The Labute approximate surface area is 80.7 Å². The van der Waals surface area contributed by atoms with Crippen molar-refractivity contribution in [2.24, 2.45) is 0 Å². The molecule has 0 aromatic rings. The molecule has 0 unspecified atom stereocenters. The Morgan fingerprint density at radius 1 is 1.23 bits per heavy atom. The van der Waals surface area contributed by atoms with Gasteiger partial charge in [-0.15, -0.1) is 0 Å². The highest BCUT2D eigenvalue weighted by Crippen LogP contribution is 1.86. The van der Waals surface area contributed by atoms with Gasteiger partial charge in [0.15, 0.2) is 0 Å². The van der Waals surface area contributed by atoms with E-state index in [1.54, 1.807) is 0 Å². The van der Waals surface area contributed by atoms with Gasteiger partial charge in [-0.2, -0.15) is 12.7 Å². The lowest BCUT2D eigenvalue weighted by atomic mass is 10.4. The summed E-state index contributed by atoms with van der Waals surface area (Å²) in [4.78, 5) is 0. The Hall–Kier alpha value is -0.170. The molecule has 0 fully saturated rings. The summed E-state index contributed by atoms with van der Waals surface area (Å²) in [5.74, 6) is 0. The van der Waals surface area contributed by atoms with E-state index in [0.29, 0.717) is 19.1 Å². The molecule has 0 aromatic heterocycles. The van der Waals surface area contributed by atoms with E-state index in [9.17, 15) is 8.42 Å². The summed E-state index contributed by atoms with van der Waals surface area (Å²) in [5.41, 5.74) is 0. The molecule has 0 amide bonds. The highest BCUT2D eigenvalue weighted by molar-refractivity contribution is 7.87. The number of hydrogen-bond donors (Lipinski definition) is 2. The Bertz CT molecular complexity index is 224. The molecule has 0 rings (SSSR count). The maximum Gasteiger partial charge on any atom is 0.278 e. The van der Waals surface area contributed by atoms with Crippen molar-refractivity contribution in [1.82, 2.24) is 14.3 Å². The fourth-order valence-corrected chi connectivity index (χ4v) is 1.29. The molecule has 0 atom stereocenters. The maximum atomic E-state index is 11.2. The number of nitrogens with zero attached hydrogens (tertiary/aromatic N) is 1. The van der Waals surface area contributed by atoms with Gasteiger partial charge >= 0.3 is 0 Å². The first kappa shape index (κ1) is 12.8. The topological polar surface area (TPSA) is 61.4 Å². The second kappa shape index (κ2) is 5.54. The van der Waals surface area contributed by atoms with Gasteiger partial charge in [0.2, 0.25) is 0 Å². The smallest absolute Gasteiger partial charge is 0.278 e. The molecule has 13 heavy (non-hydrogen) atoms. The zero-order valence-corrected chi connectivity index (χ0v) is 9.48. The van der Waals surface area contributed by atoms with Crippen molar-refractivity contribution in [3.63, 3.8) is 0 Å². The lowest BCUT2D eigenvalue weighted by Gasteiger charge is -2.13. The van der Waals surface area contributed by atoms with Gasteiger partial charge in [0.05, 0.1) is 0 Å². The summed E-state index contributed by atoms with van der Waals surface area (Å²) in [5, 5.41) is 3.11. The lowest BCUT2D eigenvalue weighted by Crippen LogP contribution is -2.40. The van der Waals surface area contributed by atoms with Crippen LogP contribution in [0, 0.1) is 0 Å². The summed E-state index contributed by atoms with van der Waals surface area (Å²) in [6.07, 6.45) is 0. The molecule has 0 saturated heterocycles. The van der Waals surface area contributed by atoms with E-state index in [1.807, 2.05) is 13.8 Å². The third kappa shape index (κ3) is 5.98. The SMILES string of the molecule is CC(C)NCCNS(=O)(=O)N(C)C. The Morgan fingerprint density at radius 3 is 2.15 bits per heavy atom. The second-order valence-electron chi connectivity index (χ2n) is 3.29. The molecular weight excluding hydrogens is 190 g/mol. The first-order valence-electron chi connectivity index (χ1n) is 4.26. The zero-order valence-electron chi connectivity index (χ0n) is 8.66. The van der Waals surface area contributed by atoms with E-state index in [4.69, 9.17) is 0 Å². The van der Waals surface area contributed by atoms with Crippen molar-refractivity contribution in [1.29, 1.82) is 0 Å². The van der Waals surface area contributed by atoms with Gasteiger partial charge in [0.1, 0.15) is 0 Å². The van der Waals surface area contributed by atoms with Crippen LogP contribution in [0.25, 0.3) is 0 Å². The summed E-state index contributed by atoms with van der Waals surface area (Å²) in [6, 6.07) is 0.379. The van der Waals surface area contributed by atoms with Crippen LogP contribution in [0.15, 0.2) is 0 Å². The third-order valence-corrected chi connectivity index (χ3v) is 2.97. The van der Waals surface area contributed by atoms with Gasteiger partial charge in [-0.25, -0.2) is 4.72 Å². The average Bonchev–Trinajstić information content (AvgIpc) is 1.97. The van der Waals surface area contributed by atoms with Gasteiger partial charge in [0.25, 0.3) is 10.2 Å². The Balaban J connectivity index is 3.66. The van der Waals surface area contributed by atoms with E-state index >= 15 is 0 Å². The molecule has 0 saturated carbocycles. The molecule has 0 radical (unpaired) electrons. The monoisotopic (exact) mass is 209 g/mol. The fraction of sp³-hybridized carbons (Fsp3) is 1.00. The van der Waals surface area contributed by atoms with Crippen molar-refractivity contribution >= 4 is 10.2 Å². The normalized spacial score (nSPS) is 12.8. The van der Waals surface area contributed by atoms with Crippen molar-refractivity contribution in [2.45, 2.75) is 19.9 Å². The largest absolute Gasteiger partial charge is 0.313 e. The Morgan fingerprint density at radius 2 is 1.77 bits per heavy atom. The van der Waals surface area contributed by atoms with Crippen LogP contribution in [-0.4, -0.2) is 45.9 Å². The van der Waals surface area contributed by atoms with Crippen molar-refractivity contribution in [2.75, 3.05) is 27.2 Å². The maximum absolute atomic E-state index is 11.2. The molecule has 2 N–H and O–H groups in total. The molecule has 80 valence electrons. The number of nitrogens with one attached hydrogen (secondary N) is 2. The standard InChI is InChI=1S/C7H19N3O2S/c1-7(2)8-5-6-9-13(11,12)10(3)4/h7-9H,5-6H2,1-4H3. The fourth-order valence-electron chi connectivity index (χ4n) is 0.670. The Kier molecular flexibility index (Phi) is 5.46. The summed E-state index contributed by atoms with van der Waals surface area (Å²) in [6.45, 7) is 5.09. The molecule has 0 aliphatic carbocycles. The van der Waals surface area contributed by atoms with E-state index in [1.165, 1.54) is 14.1 Å². The van der Waals surface area contributed by atoms with Crippen LogP contribution < -0.4 is 10.0 Å². The van der Waals surface area contributed by atoms with Gasteiger partial charge in [-0.05, 0) is 0 Å². The highest BCUT2D eigenvalue weighted by Gasteiger charge is 2.10. The number of hydrogen-bond acceptors (Lipinski definition) is 3. The molecule has 0 aliphatic heterocycles. The quantitative estimate of drug-likeness (QED) is 0.573. The van der Waals surface area contributed by atoms with Crippen LogP contribution in [0.3, 0.4) is 0 Å². The van der Waals surface area contributed by atoms with Gasteiger partial charge in [-0.1, -0.05) is 13.8 Å². The van der Waals surface area contributed by atoms with Crippen LogP contribution in [0.1, 0.15) is 13.8 Å². The summed E-state index contributed by atoms with van der Waals surface area (Å²) < 4.78 is 25.9. The summed E-state index contributed by atoms with van der Waals surface area (Å²) in [7, 11) is -0.256. The minimum absolute atomic E-state index is 0.379. The highest BCUT2D eigenvalue weighted by atomic mass is 32.2. The zero-order chi connectivity index (χ0) is 10.5. The van der Waals surface area contributed by atoms with Crippen molar-refractivity contribution in [3.05, 3.63) is 0 Å². The predicted octanol–water partition coefficient (Wildman–Crippen LogP) is -0.620. The van der Waals surface area contributed by atoms with Crippen LogP contribution in [0.4, 0.5) is 0 Å². The van der Waals surface area contributed by atoms with Crippen molar-refractivity contribution < 1.29 is 8.42 Å². The van der Waals surface area contributed by atoms with Crippen LogP contribution >= 0.6 is 0 Å². The van der Waals surface area contributed by atoms with Crippen molar-refractivity contribution in [3.8, 4) is 0 Å². The predicted molar refractivity (Wildman–Crippen MR) is 53.7 cm³/mol. The van der Waals surface area contributed by atoms with E-state index in [-0.39, 0.29) is 0 Å². The first-order chi connectivity index (χ1) is 5.86. The molecule has 0 spiro atoms. The minimum Gasteiger partial charge on any atom is -0.313 e. The van der Waals surface area contributed by atoms with Gasteiger partial charge < -0.3 is 5.32 Å². The molecule has 0 aromatic carbocycles. The second-order valence-corrected chi connectivity index (χ2v) is 5.26. The summed E-state index contributed by atoms with van der Waals surface area (Å²) >= 11 is 0. The van der Waals surface area contributed by atoms with Gasteiger partial charge in [-0.3, -0.25) is 0 Å². The van der Waals surface area contributed by atoms with E-state index in [2.05, 4.69) is 10.0 Å². The molecule has 0 heterocycles. The lowest BCUT2D eigenvalue weighted by molar-refractivity contribution is 0.500. The molecule has 5 nitrogen and oxygen atoms in total.